The van der Waals surface area contributed by atoms with Crippen LogP contribution in [0, 0.1) is 18.6 Å². The van der Waals surface area contributed by atoms with Gasteiger partial charge in [-0.15, -0.1) is 0 Å². The molecule has 0 unspecified atom stereocenters. The molecular weight excluding hydrogens is 272 g/mol. The van der Waals surface area contributed by atoms with Crippen molar-refractivity contribution in [1.82, 2.24) is 4.57 Å². The molecule has 0 atom stereocenters. The highest BCUT2D eigenvalue weighted by Crippen LogP contribution is 2.15. The molecule has 0 amide bonds. The molecule has 2 aromatic rings. The average Bonchev–Trinajstić information content (AvgIpc) is 2.80. The summed E-state index contributed by atoms with van der Waals surface area (Å²) in [5.74, 6) is -1.15. The third-order valence-electron chi connectivity index (χ3n) is 3.42. The van der Waals surface area contributed by atoms with Crippen molar-refractivity contribution in [2.75, 3.05) is 0 Å². The molecule has 1 aromatic heterocycles. The minimum Gasteiger partial charge on any atom is -0.372 e. The summed E-state index contributed by atoms with van der Waals surface area (Å²) < 4.78 is 33.9. The smallest absolute Gasteiger partial charge is 0.131 e. The summed E-state index contributed by atoms with van der Waals surface area (Å²) in [6.45, 7) is 5.38. The number of rotatable bonds is 6. The summed E-state index contributed by atoms with van der Waals surface area (Å²) in [4.78, 5) is 0. The molecule has 0 spiro atoms. The van der Waals surface area contributed by atoms with Crippen molar-refractivity contribution in [3.63, 3.8) is 0 Å². The predicted molar refractivity (Wildman–Crippen MR) is 78.8 cm³/mol. The molecule has 2 nitrogen and oxygen atoms in total. The largest absolute Gasteiger partial charge is 0.372 e. The molecule has 0 saturated heterocycles. The van der Waals surface area contributed by atoms with E-state index in [0.717, 1.165) is 23.9 Å². The zero-order valence-corrected chi connectivity index (χ0v) is 12.3. The Morgan fingerprint density at radius 3 is 2.62 bits per heavy atom. The van der Waals surface area contributed by atoms with E-state index in [4.69, 9.17) is 4.74 Å². The number of hydrogen-bond donors (Lipinski definition) is 0. The van der Waals surface area contributed by atoms with E-state index in [1.807, 2.05) is 32.2 Å². The zero-order valence-electron chi connectivity index (χ0n) is 12.3. The van der Waals surface area contributed by atoms with Gasteiger partial charge in [-0.1, -0.05) is 18.2 Å². The third-order valence-corrected chi connectivity index (χ3v) is 3.42. The van der Waals surface area contributed by atoms with Crippen LogP contribution in [0.2, 0.25) is 0 Å². The third kappa shape index (κ3) is 4.02. The minimum atomic E-state index is -0.576. The van der Waals surface area contributed by atoms with Gasteiger partial charge in [0.15, 0.2) is 0 Å². The predicted octanol–water partition coefficient (Wildman–Crippen LogP) is 4.37. The lowest BCUT2D eigenvalue weighted by Crippen LogP contribution is -2.00. The lowest BCUT2D eigenvalue weighted by Gasteiger charge is -2.07. The Morgan fingerprint density at radius 2 is 1.90 bits per heavy atom. The van der Waals surface area contributed by atoms with Gasteiger partial charge >= 0.3 is 0 Å². The Bertz CT molecular complexity index is 632. The van der Waals surface area contributed by atoms with Gasteiger partial charge in [-0.05, 0) is 31.5 Å². The van der Waals surface area contributed by atoms with E-state index in [-0.39, 0.29) is 6.61 Å². The molecule has 0 saturated carbocycles. The molecule has 0 aliphatic carbocycles. The number of allylic oxidation sites excluding steroid dienone is 2. The molecule has 0 aliphatic rings. The van der Waals surface area contributed by atoms with Crippen molar-refractivity contribution in [2.45, 2.75) is 33.6 Å². The van der Waals surface area contributed by atoms with Crippen LogP contribution in [0.3, 0.4) is 0 Å². The zero-order chi connectivity index (χ0) is 15.2. The lowest BCUT2D eigenvalue weighted by atomic mass is 10.2. The highest BCUT2D eigenvalue weighted by atomic mass is 19.1. The van der Waals surface area contributed by atoms with Crippen molar-refractivity contribution < 1.29 is 13.5 Å². The van der Waals surface area contributed by atoms with E-state index in [0.29, 0.717) is 12.2 Å². The summed E-state index contributed by atoms with van der Waals surface area (Å²) in [5, 5.41) is 0. The Kier molecular flexibility index (Phi) is 5.28. The number of ether oxygens (including phenoxy) is 1. The van der Waals surface area contributed by atoms with Crippen molar-refractivity contribution in [1.29, 1.82) is 0 Å². The van der Waals surface area contributed by atoms with Gasteiger partial charge in [0.05, 0.1) is 13.2 Å². The Hall–Kier alpha value is -1.94. The van der Waals surface area contributed by atoms with Gasteiger partial charge in [0.2, 0.25) is 0 Å². The van der Waals surface area contributed by atoms with Gasteiger partial charge < -0.3 is 9.30 Å². The fourth-order valence-electron chi connectivity index (χ4n) is 2.08. The maximum Gasteiger partial charge on any atom is 0.131 e. The molecule has 0 N–H and O–H groups in total. The maximum atomic E-state index is 13.5. The fourth-order valence-corrected chi connectivity index (χ4v) is 2.08. The summed E-state index contributed by atoms with van der Waals surface area (Å²) >= 11 is 0. The van der Waals surface area contributed by atoms with Crippen molar-refractivity contribution in [3.05, 3.63) is 71.1 Å². The number of aromatic nitrogens is 1. The fraction of sp³-hybridized carbons (Fsp3) is 0.294. The van der Waals surface area contributed by atoms with Crippen LogP contribution in [0.5, 0.6) is 0 Å². The van der Waals surface area contributed by atoms with Crippen LogP contribution in [-0.2, 0) is 24.5 Å². The van der Waals surface area contributed by atoms with Crippen molar-refractivity contribution in [3.8, 4) is 0 Å². The van der Waals surface area contributed by atoms with Crippen molar-refractivity contribution in [2.24, 2.45) is 0 Å². The van der Waals surface area contributed by atoms with E-state index in [1.165, 1.54) is 12.1 Å². The first-order valence-corrected chi connectivity index (χ1v) is 6.89. The van der Waals surface area contributed by atoms with Crippen molar-refractivity contribution >= 4 is 0 Å². The summed E-state index contributed by atoms with van der Waals surface area (Å²) in [6.07, 6.45) is 6.09. The Balaban J connectivity index is 1.93. The highest BCUT2D eigenvalue weighted by Gasteiger charge is 2.06. The van der Waals surface area contributed by atoms with Crippen LogP contribution in [0.1, 0.15) is 23.7 Å². The van der Waals surface area contributed by atoms with Crippen LogP contribution in [0.15, 0.2) is 42.6 Å². The first kappa shape index (κ1) is 15.4. The first-order chi connectivity index (χ1) is 10.1. The topological polar surface area (TPSA) is 14.2 Å². The first-order valence-electron chi connectivity index (χ1n) is 6.89. The molecule has 0 fully saturated rings. The Morgan fingerprint density at radius 1 is 1.14 bits per heavy atom. The molecule has 1 aromatic carbocycles. The van der Waals surface area contributed by atoms with Gasteiger partial charge in [-0.25, -0.2) is 8.78 Å². The number of benzene rings is 1. The molecule has 4 heteroatoms. The average molecular weight is 291 g/mol. The number of hydrogen-bond acceptors (Lipinski definition) is 1. The van der Waals surface area contributed by atoms with Gasteiger partial charge in [0.25, 0.3) is 0 Å². The van der Waals surface area contributed by atoms with Crippen LogP contribution in [-0.4, -0.2) is 4.57 Å². The van der Waals surface area contributed by atoms with Crippen LogP contribution < -0.4 is 0 Å². The second-order valence-corrected chi connectivity index (χ2v) is 4.88. The van der Waals surface area contributed by atoms with Gasteiger partial charge in [0, 0.05) is 30.1 Å². The second-order valence-electron chi connectivity index (χ2n) is 4.88. The highest BCUT2D eigenvalue weighted by molar-refractivity contribution is 5.21. The lowest BCUT2D eigenvalue weighted by molar-refractivity contribution is 0.104. The molecule has 0 aliphatic heterocycles. The van der Waals surface area contributed by atoms with E-state index < -0.39 is 11.6 Å². The molecule has 2 rings (SSSR count). The molecular formula is C17H19F2NO. The van der Waals surface area contributed by atoms with Crippen LogP contribution >= 0.6 is 0 Å². The van der Waals surface area contributed by atoms with E-state index in [1.54, 1.807) is 0 Å². The van der Waals surface area contributed by atoms with E-state index >= 15 is 0 Å². The monoisotopic (exact) mass is 291 g/mol. The van der Waals surface area contributed by atoms with Gasteiger partial charge in [0.1, 0.15) is 11.6 Å². The molecule has 0 bridgehead atoms. The summed E-state index contributed by atoms with van der Waals surface area (Å²) in [7, 11) is 0. The summed E-state index contributed by atoms with van der Waals surface area (Å²) in [5.41, 5.74) is 2.57. The standard InChI is InChI=1S/C17H19F2NO/c1-3-4-8-20-9-7-14(13(20)2)11-21-12-15-5-6-16(18)10-17(15)19/h3-7,9-10H,8,11-12H2,1-2H3/b4-3+. The Labute approximate surface area is 123 Å². The van der Waals surface area contributed by atoms with Crippen LogP contribution in [0.25, 0.3) is 0 Å². The molecule has 1 heterocycles. The molecule has 0 radical (unpaired) electrons. The van der Waals surface area contributed by atoms with Gasteiger partial charge in [-0.2, -0.15) is 0 Å². The van der Waals surface area contributed by atoms with Gasteiger partial charge in [-0.3, -0.25) is 0 Å². The quantitative estimate of drug-likeness (QED) is 0.721. The SMILES string of the molecule is C/C=C/Cn1ccc(COCc2ccc(F)cc2F)c1C. The van der Waals surface area contributed by atoms with Crippen LogP contribution in [0.4, 0.5) is 8.78 Å². The normalized spacial score (nSPS) is 11.4. The van der Waals surface area contributed by atoms with E-state index in [9.17, 15) is 8.78 Å². The molecule has 21 heavy (non-hydrogen) atoms. The van der Waals surface area contributed by atoms with E-state index in [2.05, 4.69) is 10.6 Å². The number of nitrogens with zero attached hydrogens (tertiary/aromatic N) is 1. The molecule has 112 valence electrons. The second kappa shape index (κ2) is 7.18. The minimum absolute atomic E-state index is 0.131. The summed E-state index contributed by atoms with van der Waals surface area (Å²) in [6, 6.07) is 5.52. The number of halogens is 2. The maximum absolute atomic E-state index is 13.5.